The third-order valence-corrected chi connectivity index (χ3v) is 2.82. The smallest absolute Gasteiger partial charge is 0.263 e. The summed E-state index contributed by atoms with van der Waals surface area (Å²) in [6.07, 6.45) is 3.05. The number of pyridine rings is 1. The molecule has 4 nitrogen and oxygen atoms in total. The van der Waals surface area contributed by atoms with Gasteiger partial charge in [0.15, 0.2) is 0 Å². The molecule has 1 N–H and O–H groups in total. The Bertz CT molecular complexity index is 599. The van der Waals surface area contributed by atoms with Crippen molar-refractivity contribution in [1.29, 1.82) is 0 Å². The summed E-state index contributed by atoms with van der Waals surface area (Å²) in [6.45, 7) is 3.13. The van der Waals surface area contributed by atoms with E-state index in [9.17, 15) is 9.90 Å². The Morgan fingerprint density at radius 1 is 1.50 bits per heavy atom. The maximum atomic E-state index is 12.0. The van der Waals surface area contributed by atoms with Crippen LogP contribution in [-0.4, -0.2) is 14.5 Å². The fourth-order valence-electron chi connectivity index (χ4n) is 1.47. The van der Waals surface area contributed by atoms with Crippen LogP contribution in [0, 0.1) is 0 Å². The Morgan fingerprint density at radius 2 is 2.19 bits per heavy atom. The van der Waals surface area contributed by atoms with Crippen LogP contribution < -0.4 is 5.56 Å². The van der Waals surface area contributed by atoms with E-state index < -0.39 is 5.60 Å². The first kappa shape index (κ1) is 11.3. The first-order valence-electron chi connectivity index (χ1n) is 4.79. The summed E-state index contributed by atoms with van der Waals surface area (Å²) < 4.78 is 2.27. The normalized spacial score (nSPS) is 12.0. The van der Waals surface area contributed by atoms with Gasteiger partial charge in [-0.05, 0) is 26.0 Å². The lowest BCUT2D eigenvalue weighted by Gasteiger charge is -2.16. The Labute approximate surface area is 101 Å². The van der Waals surface area contributed by atoms with Gasteiger partial charge in [-0.25, -0.2) is 4.98 Å². The molecule has 0 spiro atoms. The van der Waals surface area contributed by atoms with E-state index in [1.54, 1.807) is 32.2 Å². The van der Waals surface area contributed by atoms with Gasteiger partial charge in [0.05, 0.1) is 11.2 Å². The Kier molecular flexibility index (Phi) is 2.59. The summed E-state index contributed by atoms with van der Waals surface area (Å²) in [5, 5.41) is 9.82. The van der Waals surface area contributed by atoms with E-state index in [1.807, 2.05) is 0 Å². The average molecular weight is 283 g/mol. The maximum Gasteiger partial charge on any atom is 0.263 e. The van der Waals surface area contributed by atoms with E-state index in [0.29, 0.717) is 5.65 Å². The van der Waals surface area contributed by atoms with E-state index in [0.717, 1.165) is 4.47 Å². The number of fused-ring (bicyclic) bond motifs is 1. The summed E-state index contributed by atoms with van der Waals surface area (Å²) >= 11 is 3.31. The highest BCUT2D eigenvalue weighted by Gasteiger charge is 2.21. The van der Waals surface area contributed by atoms with Crippen LogP contribution in [0.5, 0.6) is 0 Å². The second-order valence-electron chi connectivity index (χ2n) is 4.11. The highest BCUT2D eigenvalue weighted by molar-refractivity contribution is 9.10. The first-order chi connectivity index (χ1) is 7.39. The van der Waals surface area contributed by atoms with Crippen LogP contribution in [0.25, 0.3) is 5.65 Å². The summed E-state index contributed by atoms with van der Waals surface area (Å²) in [6, 6.07) is 3.50. The summed E-state index contributed by atoms with van der Waals surface area (Å²) in [4.78, 5) is 16.2. The molecule has 84 valence electrons. The van der Waals surface area contributed by atoms with E-state index in [-0.39, 0.29) is 11.1 Å². The van der Waals surface area contributed by atoms with Crippen LogP contribution in [0.1, 0.15) is 19.4 Å². The molecule has 2 aromatic heterocycles. The largest absolute Gasteiger partial charge is 0.385 e. The lowest BCUT2D eigenvalue weighted by molar-refractivity contribution is 0.0765. The van der Waals surface area contributed by atoms with Crippen molar-refractivity contribution < 1.29 is 5.11 Å². The maximum absolute atomic E-state index is 12.0. The number of hydrogen-bond donors (Lipinski definition) is 1. The van der Waals surface area contributed by atoms with Crippen molar-refractivity contribution in [3.8, 4) is 0 Å². The van der Waals surface area contributed by atoms with Gasteiger partial charge < -0.3 is 5.11 Å². The third-order valence-electron chi connectivity index (χ3n) is 2.33. The number of halogens is 1. The molecule has 5 heteroatoms. The highest BCUT2D eigenvalue weighted by atomic mass is 79.9. The molecule has 0 aliphatic heterocycles. The predicted molar refractivity (Wildman–Crippen MR) is 64.4 cm³/mol. The summed E-state index contributed by atoms with van der Waals surface area (Å²) in [7, 11) is 0. The van der Waals surface area contributed by atoms with Gasteiger partial charge in [0.2, 0.25) is 0 Å². The van der Waals surface area contributed by atoms with Gasteiger partial charge in [-0.1, -0.05) is 15.9 Å². The van der Waals surface area contributed by atoms with Crippen molar-refractivity contribution in [2.45, 2.75) is 19.4 Å². The van der Waals surface area contributed by atoms with E-state index >= 15 is 0 Å². The zero-order chi connectivity index (χ0) is 11.9. The molecule has 16 heavy (non-hydrogen) atoms. The van der Waals surface area contributed by atoms with Crippen LogP contribution in [0.4, 0.5) is 0 Å². The Balaban J connectivity index is 2.81. The molecule has 0 aliphatic rings. The average Bonchev–Trinajstić information content (AvgIpc) is 2.15. The van der Waals surface area contributed by atoms with Crippen molar-refractivity contribution >= 4 is 21.6 Å². The van der Waals surface area contributed by atoms with Crippen molar-refractivity contribution in [3.63, 3.8) is 0 Å². The number of aromatic nitrogens is 2. The molecule has 2 rings (SSSR count). The van der Waals surface area contributed by atoms with Crippen LogP contribution in [0.2, 0.25) is 0 Å². The molecule has 0 atom stereocenters. The van der Waals surface area contributed by atoms with E-state index in [4.69, 9.17) is 0 Å². The van der Waals surface area contributed by atoms with Gasteiger partial charge in [0, 0.05) is 16.9 Å². The van der Waals surface area contributed by atoms with Gasteiger partial charge >= 0.3 is 0 Å². The Morgan fingerprint density at radius 3 is 2.81 bits per heavy atom. The molecule has 0 radical (unpaired) electrons. The molecular weight excluding hydrogens is 272 g/mol. The van der Waals surface area contributed by atoms with Crippen molar-refractivity contribution in [1.82, 2.24) is 9.38 Å². The zero-order valence-corrected chi connectivity index (χ0v) is 10.5. The van der Waals surface area contributed by atoms with E-state index in [2.05, 4.69) is 20.9 Å². The molecule has 2 heterocycles. The number of aliphatic hydroxyl groups is 1. The van der Waals surface area contributed by atoms with Gasteiger partial charge in [-0.3, -0.25) is 9.20 Å². The molecule has 0 amide bonds. The Hall–Kier alpha value is -1.20. The molecular formula is C11H11BrN2O2. The van der Waals surface area contributed by atoms with Crippen LogP contribution >= 0.6 is 15.9 Å². The monoisotopic (exact) mass is 282 g/mol. The second-order valence-corrected chi connectivity index (χ2v) is 5.02. The van der Waals surface area contributed by atoms with E-state index in [1.165, 1.54) is 10.6 Å². The number of rotatable bonds is 1. The SMILES string of the molecule is CC(C)(O)c1cnc2cc(Br)ccn2c1=O. The van der Waals surface area contributed by atoms with Crippen molar-refractivity contribution in [2.75, 3.05) is 0 Å². The van der Waals surface area contributed by atoms with Crippen LogP contribution in [-0.2, 0) is 5.60 Å². The predicted octanol–water partition coefficient (Wildman–Crippen LogP) is 1.68. The zero-order valence-electron chi connectivity index (χ0n) is 8.94. The highest BCUT2D eigenvalue weighted by Crippen LogP contribution is 2.16. The molecule has 0 bridgehead atoms. The quantitative estimate of drug-likeness (QED) is 0.866. The van der Waals surface area contributed by atoms with Crippen molar-refractivity contribution in [2.24, 2.45) is 0 Å². The van der Waals surface area contributed by atoms with Gasteiger partial charge in [0.1, 0.15) is 5.65 Å². The fraction of sp³-hybridized carbons (Fsp3) is 0.273. The minimum atomic E-state index is -1.18. The standard InChI is InChI=1S/C11H11BrN2O2/c1-11(2,16)8-6-13-9-5-7(12)3-4-14(9)10(8)15/h3-6,16H,1-2H3. The van der Waals surface area contributed by atoms with Gasteiger partial charge in [0.25, 0.3) is 5.56 Å². The lowest BCUT2D eigenvalue weighted by Crippen LogP contribution is -2.29. The third kappa shape index (κ3) is 1.88. The molecule has 2 aromatic rings. The van der Waals surface area contributed by atoms with Gasteiger partial charge in [-0.15, -0.1) is 0 Å². The second kappa shape index (κ2) is 3.68. The van der Waals surface area contributed by atoms with Gasteiger partial charge in [-0.2, -0.15) is 0 Å². The van der Waals surface area contributed by atoms with Crippen LogP contribution in [0.3, 0.4) is 0 Å². The molecule has 0 fully saturated rings. The summed E-state index contributed by atoms with van der Waals surface area (Å²) in [5.74, 6) is 0. The first-order valence-corrected chi connectivity index (χ1v) is 5.58. The minimum Gasteiger partial charge on any atom is -0.385 e. The molecule has 0 saturated heterocycles. The molecule has 0 aromatic carbocycles. The number of hydrogen-bond acceptors (Lipinski definition) is 3. The summed E-state index contributed by atoms with van der Waals surface area (Å²) in [5.41, 5.74) is -0.595. The fourth-order valence-corrected chi connectivity index (χ4v) is 1.79. The molecule has 0 saturated carbocycles. The minimum absolute atomic E-state index is 0.245. The van der Waals surface area contributed by atoms with Crippen LogP contribution in [0.15, 0.2) is 33.8 Å². The molecule has 0 unspecified atom stereocenters. The number of nitrogens with zero attached hydrogens (tertiary/aromatic N) is 2. The van der Waals surface area contributed by atoms with Crippen molar-refractivity contribution in [3.05, 3.63) is 44.9 Å². The molecule has 0 aliphatic carbocycles. The topological polar surface area (TPSA) is 54.6 Å². The lowest BCUT2D eigenvalue weighted by atomic mass is 10.0.